The van der Waals surface area contributed by atoms with E-state index in [1.165, 1.54) is 0 Å². The van der Waals surface area contributed by atoms with E-state index in [4.69, 9.17) is 9.47 Å². The molecule has 4 aromatic rings. The summed E-state index contributed by atoms with van der Waals surface area (Å²) in [6.07, 6.45) is 0. The van der Waals surface area contributed by atoms with Crippen LogP contribution in [0.5, 0.6) is 17.2 Å². The predicted octanol–water partition coefficient (Wildman–Crippen LogP) is 5.08. The number of carbonyl (C=O) groups excluding carboxylic acids is 1. The molecule has 0 saturated carbocycles. The number of methoxy groups -OCH3 is 2. The molecule has 0 aliphatic rings. The maximum absolute atomic E-state index is 13.2. The second kappa shape index (κ2) is 8.79. The summed E-state index contributed by atoms with van der Waals surface area (Å²) in [5.41, 5.74) is 1.85. The topological polar surface area (TPSA) is 67.8 Å². The van der Waals surface area contributed by atoms with Gasteiger partial charge in [0.15, 0.2) is 0 Å². The molecule has 0 fully saturated rings. The fourth-order valence-corrected chi connectivity index (χ4v) is 3.75. The van der Waals surface area contributed by atoms with Gasteiger partial charge < -0.3 is 19.9 Å². The fourth-order valence-electron chi connectivity index (χ4n) is 3.75. The number of hydrogen-bond donors (Lipinski definition) is 2. The number of phenols is 1. The third-order valence-corrected chi connectivity index (χ3v) is 5.31. The first kappa shape index (κ1) is 20.3. The van der Waals surface area contributed by atoms with Gasteiger partial charge in [0.25, 0.3) is 5.91 Å². The summed E-state index contributed by atoms with van der Waals surface area (Å²) in [6, 6.07) is 25.0. The van der Waals surface area contributed by atoms with Gasteiger partial charge in [0, 0.05) is 16.7 Å². The molecular weight excluding hydrogens is 390 g/mol. The maximum Gasteiger partial charge on any atom is 0.252 e. The van der Waals surface area contributed by atoms with E-state index in [0.717, 1.165) is 16.3 Å². The van der Waals surface area contributed by atoms with Crippen molar-refractivity contribution >= 4 is 16.7 Å². The molecule has 0 aliphatic carbocycles. The van der Waals surface area contributed by atoms with E-state index in [1.807, 2.05) is 54.6 Å². The van der Waals surface area contributed by atoms with Gasteiger partial charge in [-0.05, 0) is 47.2 Å². The molecule has 0 aromatic heterocycles. The lowest BCUT2D eigenvalue weighted by atomic mass is 9.92. The molecule has 0 saturated heterocycles. The number of rotatable bonds is 6. The second-order valence-corrected chi connectivity index (χ2v) is 7.10. The lowest BCUT2D eigenvalue weighted by Crippen LogP contribution is -2.30. The smallest absolute Gasteiger partial charge is 0.252 e. The minimum Gasteiger partial charge on any atom is -0.508 e. The summed E-state index contributed by atoms with van der Waals surface area (Å²) in [7, 11) is 3.17. The minimum absolute atomic E-state index is 0.102. The third kappa shape index (κ3) is 4.03. The highest BCUT2D eigenvalue weighted by molar-refractivity contribution is 5.96. The van der Waals surface area contributed by atoms with Crippen molar-refractivity contribution in [3.05, 3.63) is 102 Å². The average molecular weight is 413 g/mol. The van der Waals surface area contributed by atoms with E-state index in [9.17, 15) is 9.90 Å². The summed E-state index contributed by atoms with van der Waals surface area (Å²) in [5, 5.41) is 15.8. The number of para-hydroxylation sites is 1. The summed E-state index contributed by atoms with van der Waals surface area (Å²) in [5.74, 6) is 1.12. The number of amides is 1. The van der Waals surface area contributed by atoms with Crippen LogP contribution in [0.25, 0.3) is 10.8 Å². The number of aromatic hydroxyl groups is 1. The van der Waals surface area contributed by atoms with Crippen molar-refractivity contribution in [2.75, 3.05) is 14.2 Å². The molecule has 4 rings (SSSR count). The maximum atomic E-state index is 13.2. The Hall–Kier alpha value is -3.99. The normalized spacial score (nSPS) is 11.7. The van der Waals surface area contributed by atoms with Gasteiger partial charge in [-0.2, -0.15) is 0 Å². The number of hydrogen-bond acceptors (Lipinski definition) is 4. The molecule has 1 atom stereocenters. The first-order valence-corrected chi connectivity index (χ1v) is 9.91. The molecular formula is C26H23NO4. The lowest BCUT2D eigenvalue weighted by molar-refractivity contribution is 0.0942. The Bertz CT molecular complexity index is 1220. The van der Waals surface area contributed by atoms with Crippen LogP contribution >= 0.6 is 0 Å². The molecule has 5 nitrogen and oxygen atoms in total. The van der Waals surface area contributed by atoms with Crippen molar-refractivity contribution < 1.29 is 19.4 Å². The molecule has 1 amide bonds. The first-order chi connectivity index (χ1) is 15.1. The zero-order valence-corrected chi connectivity index (χ0v) is 17.3. The van der Waals surface area contributed by atoms with E-state index < -0.39 is 6.04 Å². The van der Waals surface area contributed by atoms with Crippen molar-refractivity contribution in [2.45, 2.75) is 6.04 Å². The van der Waals surface area contributed by atoms with Crippen molar-refractivity contribution in [1.82, 2.24) is 5.32 Å². The second-order valence-electron chi connectivity index (χ2n) is 7.10. The molecule has 5 heteroatoms. The van der Waals surface area contributed by atoms with Crippen LogP contribution in [0.4, 0.5) is 0 Å². The molecule has 0 spiro atoms. The van der Waals surface area contributed by atoms with Crippen LogP contribution in [0.1, 0.15) is 27.5 Å². The van der Waals surface area contributed by atoms with Gasteiger partial charge in [-0.1, -0.05) is 48.5 Å². The van der Waals surface area contributed by atoms with Crippen molar-refractivity contribution in [3.63, 3.8) is 0 Å². The Morgan fingerprint density at radius 1 is 0.839 bits per heavy atom. The van der Waals surface area contributed by atoms with Crippen LogP contribution in [0, 0.1) is 0 Å². The Morgan fingerprint density at radius 2 is 1.55 bits per heavy atom. The monoisotopic (exact) mass is 413 g/mol. The molecule has 0 bridgehead atoms. The van der Waals surface area contributed by atoms with Crippen molar-refractivity contribution in [1.29, 1.82) is 0 Å². The van der Waals surface area contributed by atoms with E-state index >= 15 is 0 Å². The third-order valence-electron chi connectivity index (χ3n) is 5.31. The van der Waals surface area contributed by atoms with Gasteiger partial charge in [0.1, 0.15) is 17.2 Å². The van der Waals surface area contributed by atoms with Gasteiger partial charge in [-0.25, -0.2) is 0 Å². The van der Waals surface area contributed by atoms with Gasteiger partial charge in [0.05, 0.1) is 20.3 Å². The molecule has 0 heterocycles. The number of carbonyl (C=O) groups is 1. The summed E-state index contributed by atoms with van der Waals surface area (Å²) in [6.45, 7) is 0. The van der Waals surface area contributed by atoms with Crippen LogP contribution in [0.15, 0.2) is 84.9 Å². The zero-order chi connectivity index (χ0) is 21.8. The SMILES string of the molecule is COc1ccc(C(=O)NC(c2ccccc2OC)c2c(O)ccc3ccccc23)cc1. The van der Waals surface area contributed by atoms with E-state index in [1.54, 1.807) is 44.6 Å². The summed E-state index contributed by atoms with van der Waals surface area (Å²) >= 11 is 0. The van der Waals surface area contributed by atoms with Crippen LogP contribution < -0.4 is 14.8 Å². The number of fused-ring (bicyclic) bond motifs is 1. The van der Waals surface area contributed by atoms with Gasteiger partial charge in [0.2, 0.25) is 0 Å². The number of ether oxygens (including phenoxy) is 2. The zero-order valence-electron chi connectivity index (χ0n) is 17.3. The molecule has 0 aliphatic heterocycles. The van der Waals surface area contributed by atoms with Crippen LogP contribution in [0.3, 0.4) is 0 Å². The number of phenolic OH excluding ortho intramolecular Hbond substituents is 1. The molecule has 2 N–H and O–H groups in total. The number of benzene rings is 4. The Balaban J connectivity index is 1.85. The van der Waals surface area contributed by atoms with E-state index in [2.05, 4.69) is 5.32 Å². The quantitative estimate of drug-likeness (QED) is 0.462. The predicted molar refractivity (Wildman–Crippen MR) is 121 cm³/mol. The molecule has 1 unspecified atom stereocenters. The van der Waals surface area contributed by atoms with Gasteiger partial charge in [-0.15, -0.1) is 0 Å². The van der Waals surface area contributed by atoms with Crippen LogP contribution in [-0.2, 0) is 0 Å². The van der Waals surface area contributed by atoms with Crippen LogP contribution in [-0.4, -0.2) is 25.2 Å². The Kier molecular flexibility index (Phi) is 5.76. The average Bonchev–Trinajstić information content (AvgIpc) is 2.83. The summed E-state index contributed by atoms with van der Waals surface area (Å²) < 4.78 is 10.7. The Morgan fingerprint density at radius 3 is 2.29 bits per heavy atom. The molecule has 4 aromatic carbocycles. The van der Waals surface area contributed by atoms with E-state index in [0.29, 0.717) is 22.6 Å². The van der Waals surface area contributed by atoms with Crippen molar-refractivity contribution in [2.24, 2.45) is 0 Å². The highest BCUT2D eigenvalue weighted by Gasteiger charge is 2.25. The highest BCUT2D eigenvalue weighted by Crippen LogP contribution is 2.39. The minimum atomic E-state index is -0.628. The van der Waals surface area contributed by atoms with Crippen LogP contribution in [0.2, 0.25) is 0 Å². The summed E-state index contributed by atoms with van der Waals surface area (Å²) in [4.78, 5) is 13.2. The molecule has 0 radical (unpaired) electrons. The van der Waals surface area contributed by atoms with Crippen molar-refractivity contribution in [3.8, 4) is 17.2 Å². The standard InChI is InChI=1S/C26H23NO4/c1-30-19-14-11-18(12-15-19)26(29)27-25(21-9-5-6-10-23(21)31-2)24-20-8-4-3-7-17(20)13-16-22(24)28/h3-16,25,28H,1-2H3,(H,27,29). The lowest BCUT2D eigenvalue weighted by Gasteiger charge is -2.24. The molecule has 31 heavy (non-hydrogen) atoms. The van der Waals surface area contributed by atoms with Gasteiger partial charge >= 0.3 is 0 Å². The molecule has 156 valence electrons. The highest BCUT2D eigenvalue weighted by atomic mass is 16.5. The Labute approximate surface area is 180 Å². The first-order valence-electron chi connectivity index (χ1n) is 9.91. The largest absolute Gasteiger partial charge is 0.508 e. The fraction of sp³-hybridized carbons (Fsp3) is 0.115. The van der Waals surface area contributed by atoms with E-state index in [-0.39, 0.29) is 11.7 Å². The van der Waals surface area contributed by atoms with Gasteiger partial charge in [-0.3, -0.25) is 4.79 Å². The number of nitrogens with one attached hydrogen (secondary N) is 1.